The fraction of sp³-hybridized carbons (Fsp3) is 0.500. The van der Waals surface area contributed by atoms with Gasteiger partial charge in [-0.2, -0.15) is 0 Å². The summed E-state index contributed by atoms with van der Waals surface area (Å²) in [7, 11) is 3.30. The Morgan fingerprint density at radius 2 is 1.87 bits per heavy atom. The summed E-state index contributed by atoms with van der Waals surface area (Å²) >= 11 is 0. The van der Waals surface area contributed by atoms with Crippen LogP contribution < -0.4 is 10.4 Å². The van der Waals surface area contributed by atoms with Gasteiger partial charge in [0.05, 0.1) is 13.7 Å². The zero-order valence-electron chi connectivity index (χ0n) is 23.2. The number of carbonyl (C=O) groups is 1. The Morgan fingerprint density at radius 3 is 2.67 bits per heavy atom. The summed E-state index contributed by atoms with van der Waals surface area (Å²) in [5.41, 5.74) is 2.75. The number of ether oxygens (including phenoxy) is 2. The van der Waals surface area contributed by atoms with Crippen LogP contribution in [-0.2, 0) is 16.0 Å². The Hall–Kier alpha value is -3.16. The molecule has 7 nitrogen and oxygen atoms in total. The minimum absolute atomic E-state index is 0.144. The van der Waals surface area contributed by atoms with Gasteiger partial charge >= 0.3 is 5.63 Å². The number of methoxy groups -OCH3 is 2. The molecule has 208 valence electrons. The summed E-state index contributed by atoms with van der Waals surface area (Å²) in [4.78, 5) is 30.6. The van der Waals surface area contributed by atoms with Crippen LogP contribution >= 0.6 is 0 Å². The van der Waals surface area contributed by atoms with E-state index in [1.807, 2.05) is 41.3 Å². The van der Waals surface area contributed by atoms with E-state index in [2.05, 4.69) is 4.90 Å². The van der Waals surface area contributed by atoms with Gasteiger partial charge in [0.25, 0.3) is 0 Å². The molecule has 1 aromatic heterocycles. The van der Waals surface area contributed by atoms with Crippen LogP contribution in [0.5, 0.6) is 5.75 Å². The molecular formula is C32H40N2O5. The highest BCUT2D eigenvalue weighted by Crippen LogP contribution is 2.34. The predicted molar refractivity (Wildman–Crippen MR) is 153 cm³/mol. The molecule has 2 saturated heterocycles. The Labute approximate surface area is 230 Å². The quantitative estimate of drug-likeness (QED) is 0.337. The van der Waals surface area contributed by atoms with Crippen LogP contribution in [0.1, 0.15) is 44.1 Å². The fourth-order valence-electron chi connectivity index (χ4n) is 6.47. The number of piperidine rings is 2. The Bertz CT molecular complexity index is 1320. The molecule has 2 aliphatic heterocycles. The fourth-order valence-corrected chi connectivity index (χ4v) is 6.47. The molecule has 1 amide bonds. The maximum Gasteiger partial charge on any atom is 0.336 e. The van der Waals surface area contributed by atoms with E-state index in [1.165, 1.54) is 51.3 Å². The Morgan fingerprint density at radius 1 is 1.05 bits per heavy atom. The van der Waals surface area contributed by atoms with Crippen molar-refractivity contribution in [3.63, 3.8) is 0 Å². The van der Waals surface area contributed by atoms with E-state index in [-0.39, 0.29) is 5.91 Å². The molecule has 0 aliphatic carbocycles. The minimum atomic E-state index is -0.403. The highest BCUT2D eigenvalue weighted by atomic mass is 16.5. The molecule has 2 fully saturated rings. The monoisotopic (exact) mass is 532 g/mol. The number of rotatable bonds is 10. The first-order valence-corrected chi connectivity index (χ1v) is 14.3. The van der Waals surface area contributed by atoms with Gasteiger partial charge in [0.2, 0.25) is 5.91 Å². The van der Waals surface area contributed by atoms with Crippen LogP contribution in [0.25, 0.3) is 22.1 Å². The maximum atomic E-state index is 13.6. The number of nitrogens with zero attached hydrogens (tertiary/aromatic N) is 2. The molecule has 2 unspecified atom stereocenters. The van der Waals surface area contributed by atoms with Crippen LogP contribution in [0, 0.1) is 5.92 Å². The van der Waals surface area contributed by atoms with E-state index in [9.17, 15) is 9.59 Å². The molecule has 0 radical (unpaired) electrons. The van der Waals surface area contributed by atoms with Crippen molar-refractivity contribution in [3.8, 4) is 16.9 Å². The van der Waals surface area contributed by atoms with Crippen LogP contribution in [0.3, 0.4) is 0 Å². The lowest BCUT2D eigenvalue weighted by Crippen LogP contribution is -2.52. The third kappa shape index (κ3) is 6.36. The molecule has 3 aromatic rings. The third-order valence-corrected chi connectivity index (χ3v) is 8.44. The largest absolute Gasteiger partial charge is 0.496 e. The molecule has 2 atom stereocenters. The first-order chi connectivity index (χ1) is 19.1. The average molecular weight is 533 g/mol. The SMILES string of the molecule is COCCN(CC1CCCN2CCCCC12)C(=O)CCc1cc2c(-c3ccccc3)cc(=O)oc2cc1OC. The zero-order chi connectivity index (χ0) is 27.2. The number of fused-ring (bicyclic) bond motifs is 2. The van der Waals surface area contributed by atoms with E-state index in [1.54, 1.807) is 20.3 Å². The second-order valence-electron chi connectivity index (χ2n) is 10.8. The van der Waals surface area contributed by atoms with Crippen molar-refractivity contribution in [2.45, 2.75) is 51.0 Å². The number of carbonyl (C=O) groups excluding carboxylic acids is 1. The molecule has 39 heavy (non-hydrogen) atoms. The van der Waals surface area contributed by atoms with Crippen molar-refractivity contribution >= 4 is 16.9 Å². The van der Waals surface area contributed by atoms with Crippen molar-refractivity contribution in [2.24, 2.45) is 5.92 Å². The van der Waals surface area contributed by atoms with Crippen molar-refractivity contribution in [1.29, 1.82) is 0 Å². The maximum absolute atomic E-state index is 13.6. The minimum Gasteiger partial charge on any atom is -0.496 e. The average Bonchev–Trinajstić information content (AvgIpc) is 2.97. The molecular weight excluding hydrogens is 492 g/mol. The van der Waals surface area contributed by atoms with E-state index in [4.69, 9.17) is 13.9 Å². The molecule has 3 heterocycles. The van der Waals surface area contributed by atoms with Gasteiger partial charge in [0, 0.05) is 50.2 Å². The van der Waals surface area contributed by atoms with Gasteiger partial charge in [-0.25, -0.2) is 4.79 Å². The number of aryl methyl sites for hydroxylation is 1. The van der Waals surface area contributed by atoms with Crippen LogP contribution in [0.15, 0.2) is 57.7 Å². The summed E-state index contributed by atoms with van der Waals surface area (Å²) in [6, 6.07) is 15.7. The van der Waals surface area contributed by atoms with Gasteiger partial charge in [-0.15, -0.1) is 0 Å². The van der Waals surface area contributed by atoms with Crippen LogP contribution in [0.2, 0.25) is 0 Å². The predicted octanol–water partition coefficient (Wildman–Crippen LogP) is 5.14. The molecule has 5 rings (SSSR count). The first-order valence-electron chi connectivity index (χ1n) is 14.3. The second kappa shape index (κ2) is 12.8. The number of hydrogen-bond acceptors (Lipinski definition) is 6. The summed E-state index contributed by atoms with van der Waals surface area (Å²) < 4.78 is 16.6. The molecule has 0 bridgehead atoms. The molecule has 2 aromatic carbocycles. The molecule has 0 N–H and O–H groups in total. The number of hydrogen-bond donors (Lipinski definition) is 0. The van der Waals surface area contributed by atoms with Crippen molar-refractivity contribution in [1.82, 2.24) is 9.80 Å². The standard InChI is InChI=1S/C32H40N2O5/c1-37-18-17-34(22-25-11-8-16-33-15-7-6-12-28(25)33)31(35)14-13-24-19-27-26(23-9-4-3-5-10-23)20-32(36)39-30(27)21-29(24)38-2/h3-5,9-10,19-21,25,28H,6-8,11-18,22H2,1-2H3. The van der Waals surface area contributed by atoms with Crippen LogP contribution in [0.4, 0.5) is 0 Å². The highest BCUT2D eigenvalue weighted by molar-refractivity contribution is 5.94. The van der Waals surface area contributed by atoms with E-state index in [0.717, 1.165) is 28.6 Å². The molecule has 0 saturated carbocycles. The topological polar surface area (TPSA) is 72.2 Å². The summed E-state index contributed by atoms with van der Waals surface area (Å²) in [6.45, 7) is 4.32. The first kappa shape index (κ1) is 27.4. The molecule has 7 heteroatoms. The Balaban J connectivity index is 1.36. The van der Waals surface area contributed by atoms with Gasteiger partial charge < -0.3 is 23.7 Å². The second-order valence-corrected chi connectivity index (χ2v) is 10.8. The third-order valence-electron chi connectivity index (χ3n) is 8.44. The smallest absolute Gasteiger partial charge is 0.336 e. The lowest BCUT2D eigenvalue weighted by molar-refractivity contribution is -0.133. The van der Waals surface area contributed by atoms with E-state index >= 15 is 0 Å². The van der Waals surface area contributed by atoms with E-state index < -0.39 is 5.63 Å². The highest BCUT2D eigenvalue weighted by Gasteiger charge is 2.34. The van der Waals surface area contributed by atoms with E-state index in [0.29, 0.717) is 49.3 Å². The van der Waals surface area contributed by atoms with Gasteiger partial charge in [0.1, 0.15) is 11.3 Å². The number of amides is 1. The van der Waals surface area contributed by atoms with Gasteiger partial charge in [-0.05, 0) is 73.9 Å². The molecule has 2 aliphatic rings. The van der Waals surface area contributed by atoms with Crippen molar-refractivity contribution in [3.05, 3.63) is 64.5 Å². The lowest BCUT2D eigenvalue weighted by atomic mass is 9.83. The number of benzene rings is 2. The van der Waals surface area contributed by atoms with Crippen molar-refractivity contribution < 1.29 is 18.7 Å². The van der Waals surface area contributed by atoms with Gasteiger partial charge in [-0.3, -0.25) is 4.79 Å². The van der Waals surface area contributed by atoms with Gasteiger partial charge in [0.15, 0.2) is 0 Å². The lowest BCUT2D eigenvalue weighted by Gasteiger charge is -2.45. The summed E-state index contributed by atoms with van der Waals surface area (Å²) in [6.07, 6.45) is 7.13. The Kier molecular flexibility index (Phi) is 8.99. The normalized spacial score (nSPS) is 19.5. The van der Waals surface area contributed by atoms with Crippen LogP contribution in [-0.4, -0.2) is 68.8 Å². The summed E-state index contributed by atoms with van der Waals surface area (Å²) in [5, 5.41) is 0.833. The molecule has 0 spiro atoms. The van der Waals surface area contributed by atoms with Gasteiger partial charge in [-0.1, -0.05) is 36.8 Å². The van der Waals surface area contributed by atoms with Crippen molar-refractivity contribution in [2.75, 3.05) is 47.0 Å². The zero-order valence-corrected chi connectivity index (χ0v) is 23.2. The summed E-state index contributed by atoms with van der Waals surface area (Å²) in [5.74, 6) is 1.29.